The second kappa shape index (κ2) is 8.84. The minimum atomic E-state index is 0. The van der Waals surface area contributed by atoms with Crippen molar-refractivity contribution in [3.05, 3.63) is 0 Å². The van der Waals surface area contributed by atoms with Gasteiger partial charge in [-0.25, -0.2) is 0 Å². The van der Waals surface area contributed by atoms with Gasteiger partial charge in [0.15, 0.2) is 0 Å². The van der Waals surface area contributed by atoms with Crippen LogP contribution in [0.15, 0.2) is 0 Å². The minimum Gasteiger partial charge on any atom is -0.166 e. The van der Waals surface area contributed by atoms with E-state index < -0.39 is 0 Å². The van der Waals surface area contributed by atoms with Crippen LogP contribution in [0.5, 0.6) is 0 Å². The van der Waals surface area contributed by atoms with Crippen LogP contribution in [-0.2, 0) is 3.84 Å². The molecule has 0 aliphatic heterocycles. The first kappa shape index (κ1) is 9.25. The van der Waals surface area contributed by atoms with Gasteiger partial charge in [0.05, 0.1) is 23.7 Å². The zero-order chi connectivity index (χ0) is 2.71. The van der Waals surface area contributed by atoms with Crippen molar-refractivity contribution in [3.8, 4) is 0 Å². The van der Waals surface area contributed by atoms with Gasteiger partial charge in [-0.2, -0.15) is 3.84 Å². The van der Waals surface area contributed by atoms with Gasteiger partial charge in [0.2, 0.25) is 0 Å². The van der Waals surface area contributed by atoms with Crippen molar-refractivity contribution in [2.75, 3.05) is 0 Å². The van der Waals surface area contributed by atoms with Gasteiger partial charge < -0.3 is 0 Å². The Morgan fingerprint density at radius 2 is 1.25 bits per heavy atom. The summed E-state index contributed by atoms with van der Waals surface area (Å²) in [6, 6.07) is 0. The van der Waals surface area contributed by atoms with E-state index in [2.05, 4.69) is 27.6 Å². The number of rotatable bonds is 0. The third-order valence-electron chi connectivity index (χ3n) is 0. The largest absolute Gasteiger partial charge is 0.166 e. The molecule has 2 radical (unpaired) electrons. The summed E-state index contributed by atoms with van der Waals surface area (Å²) in [5.41, 5.74) is 0. The normalized spacial score (nSPS) is 4.50. The van der Waals surface area contributed by atoms with Crippen LogP contribution in [0.1, 0.15) is 0 Å². The van der Waals surface area contributed by atoms with Gasteiger partial charge in [-0.15, -0.1) is 0 Å². The molecule has 4 heavy (non-hydrogen) atoms. The second-order valence-corrected chi connectivity index (χ2v) is 0.525. The molecule has 0 bridgehead atoms. The molecule has 0 N–H and O–H groups in total. The zero-order valence-electron chi connectivity index (χ0n) is 1.87. The molecule has 0 heterocycles. The Morgan fingerprint density at radius 3 is 1.25 bits per heavy atom. The topological polar surface area (TPSA) is 9.23 Å². The molecule has 0 fully saturated rings. The van der Waals surface area contributed by atoms with Crippen molar-refractivity contribution < 1.29 is 3.84 Å². The first-order chi connectivity index (χ1) is 1.41. The first-order valence-corrected chi connectivity index (χ1v) is 0.926. The van der Waals surface area contributed by atoms with Crippen molar-refractivity contribution in [1.82, 2.24) is 0 Å². The molecule has 0 saturated heterocycles. The van der Waals surface area contributed by atoms with Crippen LogP contribution in [0.4, 0.5) is 0 Å². The third kappa shape index (κ3) is 9.20. The number of hydrogen-bond acceptors (Lipinski definition) is 1. The summed E-state index contributed by atoms with van der Waals surface area (Å²) < 4.78 is 3.19. The summed E-state index contributed by atoms with van der Waals surface area (Å²) in [4.78, 5) is 0. The first-order valence-electron chi connectivity index (χ1n) is 0.309. The molecule has 1 nitrogen and oxygen atoms in total. The summed E-state index contributed by atoms with van der Waals surface area (Å²) in [6.07, 6.45) is 0. The quantitative estimate of drug-likeness (QED) is 0.440. The SMILES string of the molecule is ClOCl.[Ca]. The Bertz CT molecular complexity index is 6.00. The maximum atomic E-state index is 4.26. The van der Waals surface area contributed by atoms with Crippen molar-refractivity contribution in [2.45, 2.75) is 0 Å². The van der Waals surface area contributed by atoms with Crippen molar-refractivity contribution >= 4 is 61.5 Å². The van der Waals surface area contributed by atoms with E-state index in [1.54, 1.807) is 0 Å². The van der Waals surface area contributed by atoms with Crippen molar-refractivity contribution in [1.29, 1.82) is 0 Å². The van der Waals surface area contributed by atoms with Gasteiger partial charge in [0, 0.05) is 37.7 Å². The fourth-order valence-electron chi connectivity index (χ4n) is 0. The molecule has 0 aliphatic rings. The second-order valence-electron chi connectivity index (χ2n) is 0.0583. The number of hydrogen-bond donors (Lipinski definition) is 0. The van der Waals surface area contributed by atoms with E-state index in [-0.39, 0.29) is 37.7 Å². The molecule has 0 unspecified atom stereocenters. The smallest absolute Gasteiger partial charge is 0.0832 e. The van der Waals surface area contributed by atoms with Gasteiger partial charge in [-0.1, -0.05) is 0 Å². The fraction of sp³-hybridized carbons (Fsp3) is 0. The zero-order valence-corrected chi connectivity index (χ0v) is 5.59. The molecule has 22 valence electrons. The third-order valence-corrected chi connectivity index (χ3v) is 0. The Labute approximate surface area is 64.6 Å². The van der Waals surface area contributed by atoms with Crippen LogP contribution in [0.25, 0.3) is 0 Å². The van der Waals surface area contributed by atoms with E-state index in [1.165, 1.54) is 0 Å². The Kier molecular flexibility index (Phi) is 20.5. The predicted molar refractivity (Wildman–Crippen MR) is 18.5 cm³/mol. The Hall–Kier alpha value is 1.80. The fourth-order valence-corrected chi connectivity index (χ4v) is 0. The average molecular weight is 127 g/mol. The van der Waals surface area contributed by atoms with E-state index in [0.717, 1.165) is 0 Å². The summed E-state index contributed by atoms with van der Waals surface area (Å²) in [6.45, 7) is 0. The molecular formula is CaCl2O. The molecule has 0 saturated carbocycles. The van der Waals surface area contributed by atoms with E-state index in [4.69, 9.17) is 0 Å². The van der Waals surface area contributed by atoms with Crippen LogP contribution < -0.4 is 0 Å². The van der Waals surface area contributed by atoms with Gasteiger partial charge in [-0.05, 0) is 0 Å². The van der Waals surface area contributed by atoms with Gasteiger partial charge in [0.1, 0.15) is 0 Å². The predicted octanol–water partition coefficient (Wildman–Crippen LogP) is 0.930. The van der Waals surface area contributed by atoms with Crippen LogP contribution >= 0.6 is 23.7 Å². The Morgan fingerprint density at radius 1 is 1.25 bits per heavy atom. The molecule has 0 atom stereocenters. The molecule has 0 aliphatic carbocycles. The Balaban J connectivity index is 0. The molecule has 0 amide bonds. The van der Waals surface area contributed by atoms with E-state index in [1.807, 2.05) is 0 Å². The molecular weight excluding hydrogens is 127 g/mol. The maximum absolute atomic E-state index is 4.26. The summed E-state index contributed by atoms with van der Waals surface area (Å²) in [5, 5.41) is 0. The molecule has 4 heteroatoms. The van der Waals surface area contributed by atoms with Crippen LogP contribution in [0.2, 0.25) is 0 Å². The maximum Gasteiger partial charge on any atom is 0.0832 e. The van der Waals surface area contributed by atoms with Gasteiger partial charge in [-0.3, -0.25) is 0 Å². The number of halogens is 2. The van der Waals surface area contributed by atoms with E-state index >= 15 is 0 Å². The molecule has 0 spiro atoms. The van der Waals surface area contributed by atoms with Crippen molar-refractivity contribution in [2.24, 2.45) is 0 Å². The van der Waals surface area contributed by atoms with E-state index in [9.17, 15) is 0 Å². The monoisotopic (exact) mass is 126 g/mol. The summed E-state index contributed by atoms with van der Waals surface area (Å²) >= 11 is 8.53. The summed E-state index contributed by atoms with van der Waals surface area (Å²) in [5.74, 6) is 0. The molecule has 0 aromatic rings. The average Bonchev–Trinajstić information content (AvgIpc) is 0.918. The minimum absolute atomic E-state index is 0. The van der Waals surface area contributed by atoms with Gasteiger partial charge >= 0.3 is 0 Å². The van der Waals surface area contributed by atoms with Crippen LogP contribution in [-0.4, -0.2) is 37.7 Å². The van der Waals surface area contributed by atoms with E-state index in [0.29, 0.717) is 0 Å². The van der Waals surface area contributed by atoms with Crippen LogP contribution in [0.3, 0.4) is 0 Å². The van der Waals surface area contributed by atoms with Crippen molar-refractivity contribution in [3.63, 3.8) is 0 Å². The molecule has 0 aromatic heterocycles. The van der Waals surface area contributed by atoms with Crippen LogP contribution in [0, 0.1) is 0 Å². The molecule has 0 rings (SSSR count). The summed E-state index contributed by atoms with van der Waals surface area (Å²) in [7, 11) is 0. The standard InChI is InChI=1S/Ca.Cl2O/c;1-3-2. The molecule has 0 aromatic carbocycles. The van der Waals surface area contributed by atoms with Gasteiger partial charge in [0.25, 0.3) is 0 Å².